The van der Waals surface area contributed by atoms with E-state index >= 15 is 0 Å². The van der Waals surface area contributed by atoms with Gasteiger partial charge in [0, 0.05) is 22.4 Å². The zero-order valence-corrected chi connectivity index (χ0v) is 17.1. The molecule has 0 unspecified atom stereocenters. The van der Waals surface area contributed by atoms with Crippen molar-refractivity contribution in [3.63, 3.8) is 0 Å². The molecule has 3 aromatic carbocycles. The highest BCUT2D eigenvalue weighted by molar-refractivity contribution is 7.98. The number of carbonyl (C=O) groups excluding carboxylic acids is 2. The molecule has 3 amide bonds. The summed E-state index contributed by atoms with van der Waals surface area (Å²) in [5.41, 5.74) is 0.170. The van der Waals surface area contributed by atoms with E-state index in [1.807, 2.05) is 30.3 Å². The number of hydrogen-bond donors (Lipinski definition) is 2. The van der Waals surface area contributed by atoms with E-state index in [0.29, 0.717) is 27.4 Å². The summed E-state index contributed by atoms with van der Waals surface area (Å²) >= 11 is 1.00. The van der Waals surface area contributed by atoms with Gasteiger partial charge in [0.05, 0.1) is 4.92 Å². The van der Waals surface area contributed by atoms with Gasteiger partial charge in [0.2, 0.25) is 0 Å². The van der Waals surface area contributed by atoms with Gasteiger partial charge in [0.25, 0.3) is 11.6 Å². The van der Waals surface area contributed by atoms with E-state index in [2.05, 4.69) is 10.0 Å². The number of nitrogens with one attached hydrogen (secondary N) is 2. The summed E-state index contributed by atoms with van der Waals surface area (Å²) in [6, 6.07) is 20.9. The fraction of sp³-hybridized carbons (Fsp3) is 0. The van der Waals surface area contributed by atoms with E-state index in [-0.39, 0.29) is 11.4 Å². The molecule has 160 valence electrons. The summed E-state index contributed by atoms with van der Waals surface area (Å²) in [4.78, 5) is 35.4. The highest BCUT2D eigenvalue weighted by atomic mass is 32.2. The first-order valence-corrected chi connectivity index (χ1v) is 10.1. The van der Waals surface area contributed by atoms with Crippen LogP contribution < -0.4 is 14.8 Å². The molecule has 0 aliphatic heterocycles. The second-order valence-electron chi connectivity index (χ2n) is 6.47. The normalized spacial score (nSPS) is 10.5. The first kappa shape index (κ1) is 20.9. The van der Waals surface area contributed by atoms with E-state index in [9.17, 15) is 19.7 Å². The number of para-hydroxylation sites is 1. The number of nitro groups is 1. The highest BCUT2D eigenvalue weighted by Gasteiger charge is 2.17. The van der Waals surface area contributed by atoms with Crippen molar-refractivity contribution in [3.05, 3.63) is 94.7 Å². The maximum absolute atomic E-state index is 12.3. The topological polar surface area (TPSA) is 124 Å². The lowest BCUT2D eigenvalue weighted by Crippen LogP contribution is -2.36. The standard InChI is InChI=1S/C22H15N3O6S/c26-21(20-12-14-11-15(25(28)29)9-10-19(14)31-20)23-22(27)24-32-18-8-4-7-17(13-18)30-16-5-2-1-3-6-16/h1-13H,(H2,23,24,26,27). The molecular weight excluding hydrogens is 434 g/mol. The van der Waals surface area contributed by atoms with Crippen molar-refractivity contribution in [2.24, 2.45) is 0 Å². The third-order valence-electron chi connectivity index (χ3n) is 4.21. The third kappa shape index (κ3) is 5.05. The van der Waals surface area contributed by atoms with Crippen LogP contribution in [0.15, 0.2) is 88.2 Å². The molecule has 0 radical (unpaired) electrons. The number of urea groups is 1. The van der Waals surface area contributed by atoms with Gasteiger partial charge < -0.3 is 9.15 Å². The van der Waals surface area contributed by atoms with Crippen LogP contribution in [-0.2, 0) is 0 Å². The van der Waals surface area contributed by atoms with Gasteiger partial charge in [0.15, 0.2) is 5.76 Å². The summed E-state index contributed by atoms with van der Waals surface area (Å²) in [6.07, 6.45) is 0. The molecule has 0 spiro atoms. The van der Waals surface area contributed by atoms with Crippen LogP contribution in [0.3, 0.4) is 0 Å². The van der Waals surface area contributed by atoms with Gasteiger partial charge in [-0.05, 0) is 54.4 Å². The number of ether oxygens (including phenoxy) is 1. The SMILES string of the molecule is O=C(NSc1cccc(Oc2ccccc2)c1)NC(=O)c1cc2cc([N+](=O)[O-])ccc2o1. The lowest BCUT2D eigenvalue weighted by Gasteiger charge is -2.08. The number of nitro benzene ring substituents is 1. The van der Waals surface area contributed by atoms with Gasteiger partial charge in [-0.15, -0.1) is 0 Å². The smallest absolute Gasteiger partial charge is 0.332 e. The largest absolute Gasteiger partial charge is 0.457 e. The number of benzene rings is 3. The molecule has 9 nitrogen and oxygen atoms in total. The summed E-state index contributed by atoms with van der Waals surface area (Å²) in [5, 5.41) is 13.4. The maximum Gasteiger partial charge on any atom is 0.332 e. The first-order chi connectivity index (χ1) is 15.5. The monoisotopic (exact) mass is 449 g/mol. The molecule has 0 saturated carbocycles. The van der Waals surface area contributed by atoms with Gasteiger partial charge in [0.1, 0.15) is 17.1 Å². The van der Waals surface area contributed by atoms with Crippen LogP contribution in [0.5, 0.6) is 11.5 Å². The molecule has 4 rings (SSSR count). The summed E-state index contributed by atoms with van der Waals surface area (Å²) in [6.45, 7) is 0. The Hall–Kier alpha value is -4.31. The Morgan fingerprint density at radius 1 is 0.938 bits per heavy atom. The fourth-order valence-electron chi connectivity index (χ4n) is 2.78. The van der Waals surface area contributed by atoms with Gasteiger partial charge in [-0.3, -0.25) is 24.9 Å². The van der Waals surface area contributed by atoms with Crippen molar-refractivity contribution in [2.45, 2.75) is 4.90 Å². The molecule has 32 heavy (non-hydrogen) atoms. The number of amides is 3. The zero-order valence-electron chi connectivity index (χ0n) is 16.3. The van der Waals surface area contributed by atoms with Crippen LogP contribution >= 0.6 is 11.9 Å². The highest BCUT2D eigenvalue weighted by Crippen LogP contribution is 2.26. The minimum atomic E-state index is -0.775. The summed E-state index contributed by atoms with van der Waals surface area (Å²) in [7, 11) is 0. The van der Waals surface area contributed by atoms with Crippen molar-refractivity contribution in [1.82, 2.24) is 10.0 Å². The van der Waals surface area contributed by atoms with Crippen molar-refractivity contribution in [1.29, 1.82) is 0 Å². The lowest BCUT2D eigenvalue weighted by molar-refractivity contribution is -0.384. The predicted octanol–water partition coefficient (Wildman–Crippen LogP) is 5.28. The minimum Gasteiger partial charge on any atom is -0.457 e. The van der Waals surface area contributed by atoms with Crippen molar-refractivity contribution in [3.8, 4) is 11.5 Å². The van der Waals surface area contributed by atoms with Gasteiger partial charge in [-0.1, -0.05) is 24.3 Å². The molecule has 0 atom stereocenters. The second-order valence-corrected chi connectivity index (χ2v) is 7.35. The molecule has 1 heterocycles. The van der Waals surface area contributed by atoms with E-state index in [0.717, 1.165) is 11.9 Å². The average Bonchev–Trinajstić information content (AvgIpc) is 3.22. The quantitative estimate of drug-likeness (QED) is 0.233. The third-order valence-corrected chi connectivity index (χ3v) is 4.98. The number of non-ortho nitro benzene ring substituents is 1. The van der Waals surface area contributed by atoms with Crippen LogP contribution in [0.2, 0.25) is 0 Å². The molecule has 0 aliphatic rings. The maximum atomic E-state index is 12.3. The summed E-state index contributed by atoms with van der Waals surface area (Å²) < 4.78 is 13.6. The number of hydrogen-bond acceptors (Lipinski definition) is 7. The Labute approximate surface area is 185 Å². The average molecular weight is 449 g/mol. The van der Waals surface area contributed by atoms with Crippen molar-refractivity contribution in [2.75, 3.05) is 0 Å². The van der Waals surface area contributed by atoms with E-state index in [1.54, 1.807) is 24.3 Å². The number of carbonyl (C=O) groups is 2. The van der Waals surface area contributed by atoms with Crippen LogP contribution in [0.4, 0.5) is 10.5 Å². The lowest BCUT2D eigenvalue weighted by atomic mass is 10.2. The molecular formula is C22H15N3O6S. The Kier molecular flexibility index (Phi) is 6.04. The molecule has 0 bridgehead atoms. The molecule has 0 saturated heterocycles. The van der Waals surface area contributed by atoms with Crippen molar-refractivity contribution >= 4 is 40.5 Å². The number of nitrogens with zero attached hydrogens (tertiary/aromatic N) is 1. The fourth-order valence-corrected chi connectivity index (χ4v) is 3.36. The minimum absolute atomic E-state index is 0.127. The molecule has 4 aromatic rings. The molecule has 2 N–H and O–H groups in total. The molecule has 1 aromatic heterocycles. The second kappa shape index (κ2) is 9.23. The molecule has 0 fully saturated rings. The zero-order chi connectivity index (χ0) is 22.5. The Balaban J connectivity index is 1.35. The van der Waals surface area contributed by atoms with E-state index in [1.165, 1.54) is 24.3 Å². The van der Waals surface area contributed by atoms with Crippen LogP contribution in [0, 0.1) is 10.1 Å². The molecule has 10 heteroatoms. The van der Waals surface area contributed by atoms with Gasteiger partial charge in [-0.25, -0.2) is 4.79 Å². The predicted molar refractivity (Wildman–Crippen MR) is 118 cm³/mol. The van der Waals surface area contributed by atoms with Crippen molar-refractivity contribution < 1.29 is 23.7 Å². The van der Waals surface area contributed by atoms with Gasteiger partial charge in [-0.2, -0.15) is 0 Å². The van der Waals surface area contributed by atoms with Crippen LogP contribution in [0.1, 0.15) is 10.6 Å². The number of fused-ring (bicyclic) bond motifs is 1. The summed E-state index contributed by atoms with van der Waals surface area (Å²) in [5.74, 6) is 0.361. The van der Waals surface area contributed by atoms with Crippen LogP contribution in [0.25, 0.3) is 11.0 Å². The number of furan rings is 1. The van der Waals surface area contributed by atoms with E-state index < -0.39 is 16.9 Å². The number of rotatable bonds is 6. The Morgan fingerprint density at radius 3 is 2.50 bits per heavy atom. The van der Waals surface area contributed by atoms with E-state index in [4.69, 9.17) is 9.15 Å². The Bertz CT molecular complexity index is 1310. The Morgan fingerprint density at radius 2 is 1.72 bits per heavy atom. The van der Waals surface area contributed by atoms with Crippen LogP contribution in [-0.4, -0.2) is 16.9 Å². The van der Waals surface area contributed by atoms with Gasteiger partial charge >= 0.3 is 6.03 Å². The number of imide groups is 1. The molecule has 0 aliphatic carbocycles. The first-order valence-electron chi connectivity index (χ1n) is 9.27.